The molecular weight excluding hydrogens is 408 g/mol. The van der Waals surface area contributed by atoms with Crippen LogP contribution in [0.3, 0.4) is 0 Å². The average Bonchev–Trinajstić information content (AvgIpc) is 3.30. The molecular formula is C17H15BrN2O4S. The molecule has 0 unspecified atom stereocenters. The van der Waals surface area contributed by atoms with Gasteiger partial charge in [-0.2, -0.15) is 0 Å². The van der Waals surface area contributed by atoms with E-state index in [1.807, 2.05) is 17.5 Å². The predicted octanol–water partition coefficient (Wildman–Crippen LogP) is 4.11. The highest BCUT2D eigenvalue weighted by atomic mass is 79.9. The number of benzene rings is 1. The van der Waals surface area contributed by atoms with Crippen LogP contribution < -0.4 is 14.8 Å². The minimum Gasteiger partial charge on any atom is -0.497 e. The molecule has 2 heterocycles. The maximum absolute atomic E-state index is 12.5. The lowest BCUT2D eigenvalue weighted by Crippen LogP contribution is -2.23. The van der Waals surface area contributed by atoms with E-state index >= 15 is 0 Å². The van der Waals surface area contributed by atoms with Gasteiger partial charge in [0, 0.05) is 0 Å². The number of thiophene rings is 1. The van der Waals surface area contributed by atoms with Gasteiger partial charge in [-0.3, -0.25) is 4.79 Å². The topological polar surface area (TPSA) is 73.6 Å². The lowest BCUT2D eigenvalue weighted by Gasteiger charge is -2.12. The highest BCUT2D eigenvalue weighted by Crippen LogP contribution is 2.33. The second kappa shape index (κ2) is 7.71. The molecule has 0 saturated heterocycles. The molecule has 0 saturated carbocycles. The number of methoxy groups -OCH3 is 2. The van der Waals surface area contributed by atoms with Crippen molar-refractivity contribution in [3.8, 4) is 22.3 Å². The summed E-state index contributed by atoms with van der Waals surface area (Å²) in [5.74, 6) is 1.25. The maximum Gasteiger partial charge on any atom is 0.255 e. The van der Waals surface area contributed by atoms with Crippen molar-refractivity contribution in [1.82, 2.24) is 10.3 Å². The molecule has 8 heteroatoms. The molecule has 0 fully saturated rings. The second-order valence-corrected chi connectivity index (χ2v) is 6.80. The fourth-order valence-electron chi connectivity index (χ4n) is 2.23. The first-order valence-corrected chi connectivity index (χ1v) is 8.97. The van der Waals surface area contributed by atoms with Crippen molar-refractivity contribution < 1.29 is 18.7 Å². The molecule has 2 aromatic heterocycles. The number of aromatic nitrogens is 1. The van der Waals surface area contributed by atoms with Crippen LogP contribution in [0.25, 0.3) is 10.8 Å². The van der Waals surface area contributed by atoms with Crippen LogP contribution in [-0.4, -0.2) is 25.1 Å². The molecule has 3 aromatic rings. The Morgan fingerprint density at radius 2 is 2.20 bits per heavy atom. The summed E-state index contributed by atoms with van der Waals surface area (Å²) in [5, 5.41) is 4.76. The summed E-state index contributed by atoms with van der Waals surface area (Å²) in [6.45, 7) is 0.242. The Morgan fingerprint density at radius 3 is 2.88 bits per heavy atom. The van der Waals surface area contributed by atoms with Crippen molar-refractivity contribution in [3.63, 3.8) is 0 Å². The van der Waals surface area contributed by atoms with Gasteiger partial charge in [-0.15, -0.1) is 11.3 Å². The van der Waals surface area contributed by atoms with Crippen LogP contribution in [0.2, 0.25) is 0 Å². The summed E-state index contributed by atoms with van der Waals surface area (Å²) in [6.07, 6.45) is 1.54. The van der Waals surface area contributed by atoms with Crippen molar-refractivity contribution in [3.05, 3.63) is 51.6 Å². The normalized spacial score (nSPS) is 10.5. The van der Waals surface area contributed by atoms with Gasteiger partial charge >= 0.3 is 0 Å². The molecule has 25 heavy (non-hydrogen) atoms. The van der Waals surface area contributed by atoms with E-state index in [0.717, 1.165) is 4.88 Å². The zero-order valence-corrected chi connectivity index (χ0v) is 15.9. The molecule has 130 valence electrons. The predicted molar refractivity (Wildman–Crippen MR) is 98.2 cm³/mol. The third-order valence-electron chi connectivity index (χ3n) is 3.42. The zero-order valence-electron chi connectivity index (χ0n) is 13.5. The van der Waals surface area contributed by atoms with Crippen LogP contribution in [0.1, 0.15) is 16.1 Å². The van der Waals surface area contributed by atoms with Gasteiger partial charge in [0.2, 0.25) is 5.89 Å². The molecule has 0 aliphatic carbocycles. The first-order chi connectivity index (χ1) is 12.1. The number of rotatable bonds is 6. The molecule has 0 aliphatic heterocycles. The van der Waals surface area contributed by atoms with E-state index in [9.17, 15) is 4.79 Å². The van der Waals surface area contributed by atoms with E-state index in [1.54, 1.807) is 23.5 Å². The smallest absolute Gasteiger partial charge is 0.255 e. The van der Waals surface area contributed by atoms with Crippen molar-refractivity contribution in [2.24, 2.45) is 0 Å². The highest BCUT2D eigenvalue weighted by Gasteiger charge is 2.18. The molecule has 0 bridgehead atoms. The number of oxazole rings is 1. The van der Waals surface area contributed by atoms with Crippen LogP contribution in [0.4, 0.5) is 0 Å². The van der Waals surface area contributed by atoms with E-state index in [1.165, 1.54) is 20.5 Å². The van der Waals surface area contributed by atoms with Crippen LogP contribution >= 0.6 is 27.3 Å². The summed E-state index contributed by atoms with van der Waals surface area (Å²) >= 11 is 4.92. The fourth-order valence-corrected chi connectivity index (χ4v) is 3.49. The molecule has 0 atom stereocenters. The number of halogens is 1. The maximum atomic E-state index is 12.5. The van der Waals surface area contributed by atoms with Crippen molar-refractivity contribution in [1.29, 1.82) is 0 Å². The van der Waals surface area contributed by atoms with E-state index in [2.05, 4.69) is 26.2 Å². The Hall–Kier alpha value is -2.32. The Morgan fingerprint density at radius 1 is 1.36 bits per heavy atom. The third kappa shape index (κ3) is 3.85. The van der Waals surface area contributed by atoms with E-state index < -0.39 is 0 Å². The number of hydrogen-bond acceptors (Lipinski definition) is 6. The van der Waals surface area contributed by atoms with Gasteiger partial charge in [0.25, 0.3) is 5.91 Å². The van der Waals surface area contributed by atoms with Gasteiger partial charge in [-0.05, 0) is 39.5 Å². The molecule has 0 aliphatic rings. The summed E-state index contributed by atoms with van der Waals surface area (Å²) in [7, 11) is 3.05. The van der Waals surface area contributed by atoms with E-state index in [-0.39, 0.29) is 12.5 Å². The molecule has 1 aromatic carbocycles. The van der Waals surface area contributed by atoms with Gasteiger partial charge in [0.15, 0.2) is 0 Å². The second-order valence-electron chi connectivity index (χ2n) is 4.99. The summed E-state index contributed by atoms with van der Waals surface area (Å²) < 4.78 is 16.6. The molecule has 1 N–H and O–H groups in total. The lowest BCUT2D eigenvalue weighted by molar-refractivity contribution is 0.0947. The fraction of sp³-hybridized carbons (Fsp3) is 0.176. The van der Waals surface area contributed by atoms with Crippen LogP contribution in [-0.2, 0) is 6.54 Å². The number of nitrogens with one attached hydrogen (secondary N) is 1. The van der Waals surface area contributed by atoms with Gasteiger partial charge in [-0.1, -0.05) is 6.07 Å². The number of nitrogens with zero attached hydrogens (tertiary/aromatic N) is 1. The van der Waals surface area contributed by atoms with Crippen molar-refractivity contribution >= 4 is 33.2 Å². The summed E-state index contributed by atoms with van der Waals surface area (Å²) in [4.78, 5) is 17.8. The first kappa shape index (κ1) is 17.5. The molecule has 1 amide bonds. The minimum atomic E-state index is -0.294. The number of carbonyl (C=O) groups excluding carboxylic acids is 1. The molecule has 6 nitrogen and oxygen atoms in total. The summed E-state index contributed by atoms with van der Waals surface area (Å²) in [5.41, 5.74) is 1.01. The van der Waals surface area contributed by atoms with Gasteiger partial charge < -0.3 is 19.2 Å². The quantitative estimate of drug-likeness (QED) is 0.646. The Labute approximate surface area is 156 Å². The Balaban J connectivity index is 1.74. The van der Waals surface area contributed by atoms with E-state index in [4.69, 9.17) is 13.9 Å². The SMILES string of the molecule is COc1cc(Br)c(OC)c(C(=O)NCc2coc(-c3cccs3)n2)c1. The number of amides is 1. The highest BCUT2D eigenvalue weighted by molar-refractivity contribution is 9.10. The number of carbonyl (C=O) groups is 1. The largest absolute Gasteiger partial charge is 0.497 e. The zero-order chi connectivity index (χ0) is 17.8. The molecule has 0 spiro atoms. The minimum absolute atomic E-state index is 0.242. The van der Waals surface area contributed by atoms with Crippen LogP contribution in [0.5, 0.6) is 11.5 Å². The number of ether oxygens (including phenoxy) is 2. The van der Waals surface area contributed by atoms with Crippen molar-refractivity contribution in [2.45, 2.75) is 6.54 Å². The van der Waals surface area contributed by atoms with Crippen molar-refractivity contribution in [2.75, 3.05) is 14.2 Å². The monoisotopic (exact) mass is 422 g/mol. The third-order valence-corrected chi connectivity index (χ3v) is 4.86. The van der Waals surface area contributed by atoms with Crippen LogP contribution in [0.15, 0.2) is 44.8 Å². The molecule has 0 radical (unpaired) electrons. The summed E-state index contributed by atoms with van der Waals surface area (Å²) in [6, 6.07) is 7.22. The number of hydrogen-bond donors (Lipinski definition) is 1. The molecule has 3 rings (SSSR count). The lowest BCUT2D eigenvalue weighted by atomic mass is 10.1. The Bertz CT molecular complexity index is 877. The van der Waals surface area contributed by atoms with E-state index in [0.29, 0.717) is 33.1 Å². The van der Waals surface area contributed by atoms with Gasteiger partial charge in [-0.25, -0.2) is 4.98 Å². The Kier molecular flexibility index (Phi) is 5.40. The van der Waals surface area contributed by atoms with Gasteiger partial charge in [0.1, 0.15) is 17.8 Å². The first-order valence-electron chi connectivity index (χ1n) is 7.30. The van der Waals surface area contributed by atoms with Gasteiger partial charge in [0.05, 0.1) is 41.4 Å². The standard InChI is InChI=1S/C17H15BrN2O4S/c1-22-11-6-12(15(23-2)13(18)7-11)16(21)19-8-10-9-24-17(20-10)14-4-3-5-25-14/h3-7,9H,8H2,1-2H3,(H,19,21). The van der Waals surface area contributed by atoms with Crippen LogP contribution in [0, 0.1) is 0 Å². The average molecular weight is 423 g/mol.